The van der Waals surface area contributed by atoms with Crippen molar-refractivity contribution < 1.29 is 32.2 Å². The molecule has 0 bridgehead atoms. The molecule has 0 saturated carbocycles. The van der Waals surface area contributed by atoms with Gasteiger partial charge in [-0.3, -0.25) is 4.90 Å². The molecule has 1 aliphatic heterocycles. The molecular formula is C16H25F3N4O4. The molecule has 1 amide bonds. The fourth-order valence-electron chi connectivity index (χ4n) is 2.68. The second kappa shape index (κ2) is 9.68. The van der Waals surface area contributed by atoms with Gasteiger partial charge in [0.1, 0.15) is 11.6 Å². The molecule has 154 valence electrons. The zero-order valence-corrected chi connectivity index (χ0v) is 15.7. The summed E-state index contributed by atoms with van der Waals surface area (Å²) >= 11 is 0. The summed E-state index contributed by atoms with van der Waals surface area (Å²) in [7, 11) is 0. The summed E-state index contributed by atoms with van der Waals surface area (Å²) in [6.07, 6.45) is -5.14. The van der Waals surface area contributed by atoms with E-state index in [1.807, 2.05) is 0 Å². The Kier molecular flexibility index (Phi) is 8.20. The number of halogens is 3. The highest BCUT2D eigenvalue weighted by molar-refractivity contribution is 5.82. The standard InChI is InChI=1S/C16H25F3N4O4/c1-15(2,3)27-14(25)23-8-4-7-12(23)13(24)26-9-5-6-11(21-22-20)10-16(17,18)19/h11-12H,4-10H2,1-3H3/t11?,12-/m1/s1. The minimum absolute atomic E-state index is 0.0582. The van der Waals surface area contributed by atoms with Crippen molar-refractivity contribution in [2.24, 2.45) is 5.11 Å². The first-order valence-corrected chi connectivity index (χ1v) is 8.70. The fraction of sp³-hybridized carbons (Fsp3) is 0.875. The average molecular weight is 394 g/mol. The van der Waals surface area contributed by atoms with Crippen LogP contribution in [0.3, 0.4) is 0 Å². The van der Waals surface area contributed by atoms with E-state index in [0.717, 1.165) is 0 Å². The van der Waals surface area contributed by atoms with Crippen molar-refractivity contribution >= 4 is 12.1 Å². The number of carbonyl (C=O) groups is 2. The van der Waals surface area contributed by atoms with Gasteiger partial charge < -0.3 is 9.47 Å². The SMILES string of the molecule is CC(C)(C)OC(=O)N1CCC[C@@H]1C(=O)OCCCC(CC(F)(F)F)N=[N+]=[N-]. The molecule has 0 aromatic heterocycles. The number of hydrogen-bond acceptors (Lipinski definition) is 5. The average Bonchev–Trinajstić information content (AvgIpc) is 2.98. The molecule has 0 N–H and O–H groups in total. The van der Waals surface area contributed by atoms with Crippen molar-refractivity contribution in [1.29, 1.82) is 0 Å². The monoisotopic (exact) mass is 394 g/mol. The summed E-state index contributed by atoms with van der Waals surface area (Å²) < 4.78 is 47.5. The summed E-state index contributed by atoms with van der Waals surface area (Å²) in [5.74, 6) is -0.616. The lowest BCUT2D eigenvalue weighted by atomic mass is 10.1. The second-order valence-corrected chi connectivity index (χ2v) is 7.32. The van der Waals surface area contributed by atoms with E-state index in [4.69, 9.17) is 15.0 Å². The molecule has 1 heterocycles. The smallest absolute Gasteiger partial charge is 0.411 e. The van der Waals surface area contributed by atoms with Crippen molar-refractivity contribution in [1.82, 2.24) is 4.90 Å². The molecule has 1 fully saturated rings. The number of amides is 1. The Morgan fingerprint density at radius 2 is 2.00 bits per heavy atom. The molecule has 0 aromatic carbocycles. The molecule has 1 rings (SSSR count). The summed E-state index contributed by atoms with van der Waals surface area (Å²) in [4.78, 5) is 28.1. The van der Waals surface area contributed by atoms with Gasteiger partial charge >= 0.3 is 18.2 Å². The van der Waals surface area contributed by atoms with Crippen LogP contribution in [0.25, 0.3) is 10.4 Å². The van der Waals surface area contributed by atoms with Gasteiger partial charge in [-0.15, -0.1) is 0 Å². The van der Waals surface area contributed by atoms with Crippen LogP contribution < -0.4 is 0 Å². The third kappa shape index (κ3) is 8.85. The molecule has 8 nitrogen and oxygen atoms in total. The van der Waals surface area contributed by atoms with E-state index in [-0.39, 0.29) is 19.4 Å². The molecule has 1 unspecified atom stereocenters. The lowest BCUT2D eigenvalue weighted by molar-refractivity contribution is -0.149. The maximum Gasteiger partial charge on any atom is 0.411 e. The van der Waals surface area contributed by atoms with Gasteiger partial charge in [-0.25, -0.2) is 9.59 Å². The Morgan fingerprint density at radius 1 is 1.33 bits per heavy atom. The van der Waals surface area contributed by atoms with Gasteiger partial charge in [0.15, 0.2) is 0 Å². The first-order valence-electron chi connectivity index (χ1n) is 8.70. The van der Waals surface area contributed by atoms with Crippen LogP contribution in [-0.2, 0) is 14.3 Å². The minimum atomic E-state index is -4.44. The van der Waals surface area contributed by atoms with Gasteiger partial charge in [0, 0.05) is 17.5 Å². The second-order valence-electron chi connectivity index (χ2n) is 7.32. The Morgan fingerprint density at radius 3 is 2.56 bits per heavy atom. The summed E-state index contributed by atoms with van der Waals surface area (Å²) in [5.41, 5.74) is 7.65. The summed E-state index contributed by atoms with van der Waals surface area (Å²) in [6, 6.07) is -2.00. The number of esters is 1. The zero-order chi connectivity index (χ0) is 20.7. The van der Waals surface area contributed by atoms with Crippen molar-refractivity contribution in [2.75, 3.05) is 13.2 Å². The van der Waals surface area contributed by atoms with Crippen molar-refractivity contribution in [2.45, 2.75) is 76.7 Å². The van der Waals surface area contributed by atoms with Crippen LogP contribution in [0.4, 0.5) is 18.0 Å². The van der Waals surface area contributed by atoms with Crippen LogP contribution >= 0.6 is 0 Å². The maximum atomic E-state index is 12.4. The highest BCUT2D eigenvalue weighted by Crippen LogP contribution is 2.25. The van der Waals surface area contributed by atoms with Crippen molar-refractivity contribution in [3.05, 3.63) is 10.4 Å². The summed E-state index contributed by atoms with van der Waals surface area (Å²) in [5, 5.41) is 3.12. The van der Waals surface area contributed by atoms with E-state index >= 15 is 0 Å². The number of nitrogens with zero attached hydrogens (tertiary/aromatic N) is 4. The number of ether oxygens (including phenoxy) is 2. The predicted octanol–water partition coefficient (Wildman–Crippen LogP) is 4.34. The molecule has 1 aliphatic rings. The van der Waals surface area contributed by atoms with E-state index < -0.39 is 42.3 Å². The number of hydrogen-bond donors (Lipinski definition) is 0. The van der Waals surface area contributed by atoms with Gasteiger partial charge in [-0.2, -0.15) is 13.2 Å². The lowest BCUT2D eigenvalue weighted by Crippen LogP contribution is -2.44. The third-order valence-corrected chi connectivity index (χ3v) is 3.76. The Labute approximate surface area is 155 Å². The minimum Gasteiger partial charge on any atom is -0.464 e. The van der Waals surface area contributed by atoms with E-state index in [9.17, 15) is 22.8 Å². The molecular weight excluding hydrogens is 369 g/mol. The van der Waals surface area contributed by atoms with E-state index in [2.05, 4.69) is 10.0 Å². The topological polar surface area (TPSA) is 105 Å². The number of likely N-dealkylation sites (tertiary alicyclic amines) is 1. The van der Waals surface area contributed by atoms with Crippen LogP contribution in [0, 0.1) is 0 Å². The van der Waals surface area contributed by atoms with Crippen molar-refractivity contribution in [3.63, 3.8) is 0 Å². The van der Waals surface area contributed by atoms with Gasteiger partial charge in [-0.1, -0.05) is 5.11 Å². The van der Waals surface area contributed by atoms with Gasteiger partial charge in [-0.05, 0) is 52.0 Å². The molecule has 11 heteroatoms. The van der Waals surface area contributed by atoms with Crippen LogP contribution in [-0.4, -0.2) is 54.0 Å². The largest absolute Gasteiger partial charge is 0.464 e. The van der Waals surface area contributed by atoms with Gasteiger partial charge in [0.2, 0.25) is 0 Å². The van der Waals surface area contributed by atoms with Crippen LogP contribution in [0.5, 0.6) is 0 Å². The number of azide groups is 1. The van der Waals surface area contributed by atoms with Gasteiger partial charge in [0.05, 0.1) is 13.0 Å². The molecule has 2 atom stereocenters. The normalized spacial score (nSPS) is 18.6. The first kappa shape index (κ1) is 22.9. The highest BCUT2D eigenvalue weighted by Gasteiger charge is 2.37. The molecule has 0 radical (unpaired) electrons. The Hall–Kier alpha value is -2.16. The van der Waals surface area contributed by atoms with Crippen LogP contribution in [0.2, 0.25) is 0 Å². The van der Waals surface area contributed by atoms with E-state index in [1.54, 1.807) is 20.8 Å². The predicted molar refractivity (Wildman–Crippen MR) is 89.8 cm³/mol. The van der Waals surface area contributed by atoms with Crippen molar-refractivity contribution in [3.8, 4) is 0 Å². The Balaban J connectivity index is 2.46. The highest BCUT2D eigenvalue weighted by atomic mass is 19.4. The number of carbonyl (C=O) groups excluding carboxylic acids is 2. The molecule has 1 saturated heterocycles. The number of alkyl halides is 3. The zero-order valence-electron chi connectivity index (χ0n) is 15.7. The molecule has 0 aliphatic carbocycles. The van der Waals surface area contributed by atoms with Gasteiger partial charge in [0.25, 0.3) is 0 Å². The van der Waals surface area contributed by atoms with Crippen LogP contribution in [0.15, 0.2) is 5.11 Å². The lowest BCUT2D eigenvalue weighted by Gasteiger charge is -2.27. The maximum absolute atomic E-state index is 12.4. The molecule has 27 heavy (non-hydrogen) atoms. The van der Waals surface area contributed by atoms with E-state index in [0.29, 0.717) is 19.4 Å². The van der Waals surface area contributed by atoms with Crippen LogP contribution in [0.1, 0.15) is 52.9 Å². The number of rotatable bonds is 7. The fourth-order valence-corrected chi connectivity index (χ4v) is 2.68. The Bertz CT molecular complexity index is 571. The molecule has 0 aromatic rings. The molecule has 0 spiro atoms. The van der Waals surface area contributed by atoms with E-state index in [1.165, 1.54) is 4.90 Å². The third-order valence-electron chi connectivity index (χ3n) is 3.76. The first-order chi connectivity index (χ1) is 12.4. The quantitative estimate of drug-likeness (QED) is 0.210. The summed E-state index contributed by atoms with van der Waals surface area (Å²) in [6.45, 7) is 5.41.